The lowest BCUT2D eigenvalue weighted by Crippen LogP contribution is -2.46. The Morgan fingerprint density at radius 2 is 1.71 bits per heavy atom. The molecule has 1 aliphatic rings. The van der Waals surface area contributed by atoms with Crippen LogP contribution in [-0.2, 0) is 0 Å². The molecule has 0 atom stereocenters. The van der Waals surface area contributed by atoms with Crippen molar-refractivity contribution in [1.82, 2.24) is 29.9 Å². The van der Waals surface area contributed by atoms with E-state index >= 15 is 0 Å². The van der Waals surface area contributed by atoms with Crippen molar-refractivity contribution >= 4 is 22.3 Å². The summed E-state index contributed by atoms with van der Waals surface area (Å²) < 4.78 is 1.78. The van der Waals surface area contributed by atoms with E-state index in [0.29, 0.717) is 0 Å². The Morgan fingerprint density at radius 1 is 0.958 bits per heavy atom. The monoisotopic (exact) mass is 342 g/mol. The van der Waals surface area contributed by atoms with E-state index < -0.39 is 0 Å². The van der Waals surface area contributed by atoms with Gasteiger partial charge in [0.1, 0.15) is 17.2 Å². The Morgan fingerprint density at radius 3 is 2.38 bits per heavy atom. The number of hydrogen-bond acceptors (Lipinski definition) is 8. The average molecular weight is 342 g/mol. The van der Waals surface area contributed by atoms with Gasteiger partial charge >= 0.3 is 0 Å². The topological polar surface area (TPSA) is 75.9 Å². The molecule has 0 amide bonds. The fourth-order valence-corrected chi connectivity index (χ4v) is 3.46. The van der Waals surface area contributed by atoms with Gasteiger partial charge in [0, 0.05) is 38.4 Å². The molecule has 1 aliphatic heterocycles. The van der Waals surface area contributed by atoms with Crippen molar-refractivity contribution < 1.29 is 0 Å². The largest absolute Gasteiger partial charge is 0.353 e. The van der Waals surface area contributed by atoms with Gasteiger partial charge in [0.05, 0.1) is 5.69 Å². The minimum Gasteiger partial charge on any atom is -0.353 e. The van der Waals surface area contributed by atoms with Crippen LogP contribution in [0.25, 0.3) is 5.82 Å². The zero-order valence-corrected chi connectivity index (χ0v) is 14.4. The molecular weight excluding hydrogens is 324 g/mol. The molecule has 4 rings (SSSR count). The van der Waals surface area contributed by atoms with Gasteiger partial charge in [-0.25, -0.2) is 14.6 Å². The minimum absolute atomic E-state index is 0.787. The summed E-state index contributed by atoms with van der Waals surface area (Å²) >= 11 is 1.64. The van der Waals surface area contributed by atoms with E-state index in [4.69, 9.17) is 0 Å². The van der Waals surface area contributed by atoms with Gasteiger partial charge in [-0.15, -0.1) is 10.2 Å². The number of rotatable bonds is 3. The summed E-state index contributed by atoms with van der Waals surface area (Å²) in [5.74, 6) is 1.72. The molecule has 4 heterocycles. The fraction of sp³-hybridized carbons (Fsp3) is 0.400. The van der Waals surface area contributed by atoms with Gasteiger partial charge in [0.2, 0.25) is 5.13 Å². The van der Waals surface area contributed by atoms with E-state index in [1.54, 1.807) is 22.3 Å². The first-order valence-electron chi connectivity index (χ1n) is 7.84. The van der Waals surface area contributed by atoms with Crippen LogP contribution in [0.5, 0.6) is 0 Å². The second-order valence-electron chi connectivity index (χ2n) is 5.71. The number of anilines is 2. The van der Waals surface area contributed by atoms with E-state index in [0.717, 1.165) is 53.6 Å². The first-order valence-corrected chi connectivity index (χ1v) is 8.65. The number of hydrogen-bond donors (Lipinski definition) is 0. The lowest BCUT2D eigenvalue weighted by Gasteiger charge is -2.35. The molecule has 0 unspecified atom stereocenters. The van der Waals surface area contributed by atoms with Crippen LogP contribution in [0.1, 0.15) is 10.7 Å². The maximum Gasteiger partial charge on any atom is 0.208 e. The Labute approximate surface area is 143 Å². The van der Waals surface area contributed by atoms with Gasteiger partial charge in [-0.2, -0.15) is 5.10 Å². The Balaban J connectivity index is 1.47. The highest BCUT2D eigenvalue weighted by atomic mass is 32.1. The van der Waals surface area contributed by atoms with Crippen molar-refractivity contribution in [2.45, 2.75) is 13.8 Å². The van der Waals surface area contributed by atoms with Crippen LogP contribution in [0, 0.1) is 13.8 Å². The van der Waals surface area contributed by atoms with E-state index in [1.807, 2.05) is 32.2 Å². The third kappa shape index (κ3) is 2.94. The van der Waals surface area contributed by atoms with Gasteiger partial charge in [-0.3, -0.25) is 0 Å². The standard InChI is InChI=1S/C15H18N8S/c1-11-3-4-23(20-11)14-9-13(16-10-17-14)21-5-7-22(8-6-21)15-19-18-12(2)24-15/h3-4,9-10H,5-8H2,1-2H3. The summed E-state index contributed by atoms with van der Waals surface area (Å²) in [7, 11) is 0. The lowest BCUT2D eigenvalue weighted by atomic mass is 10.3. The van der Waals surface area contributed by atoms with Gasteiger partial charge in [0.15, 0.2) is 5.82 Å². The number of nitrogens with zero attached hydrogens (tertiary/aromatic N) is 8. The van der Waals surface area contributed by atoms with Gasteiger partial charge < -0.3 is 9.80 Å². The maximum absolute atomic E-state index is 4.43. The smallest absolute Gasteiger partial charge is 0.208 e. The van der Waals surface area contributed by atoms with Crippen molar-refractivity contribution in [3.05, 3.63) is 35.4 Å². The number of aryl methyl sites for hydroxylation is 2. The quantitative estimate of drug-likeness (QED) is 0.713. The van der Waals surface area contributed by atoms with Gasteiger partial charge in [-0.05, 0) is 19.9 Å². The molecule has 1 fully saturated rings. The lowest BCUT2D eigenvalue weighted by molar-refractivity contribution is 0.642. The molecule has 0 saturated carbocycles. The van der Waals surface area contributed by atoms with Crippen LogP contribution >= 0.6 is 11.3 Å². The highest BCUT2D eigenvalue weighted by Gasteiger charge is 2.21. The van der Waals surface area contributed by atoms with E-state index in [-0.39, 0.29) is 0 Å². The highest BCUT2D eigenvalue weighted by Crippen LogP contribution is 2.22. The van der Waals surface area contributed by atoms with Crippen molar-refractivity contribution in [1.29, 1.82) is 0 Å². The molecule has 0 aromatic carbocycles. The predicted octanol–water partition coefficient (Wildman–Crippen LogP) is 1.46. The van der Waals surface area contributed by atoms with Crippen molar-refractivity contribution in [2.24, 2.45) is 0 Å². The zero-order valence-electron chi connectivity index (χ0n) is 13.6. The van der Waals surface area contributed by atoms with Crippen LogP contribution in [0.2, 0.25) is 0 Å². The summed E-state index contributed by atoms with van der Waals surface area (Å²) in [6, 6.07) is 3.95. The average Bonchev–Trinajstić information content (AvgIpc) is 3.24. The minimum atomic E-state index is 0.787. The van der Waals surface area contributed by atoms with Crippen LogP contribution < -0.4 is 9.80 Å². The zero-order chi connectivity index (χ0) is 16.5. The summed E-state index contributed by atoms with van der Waals surface area (Å²) in [6.07, 6.45) is 3.51. The molecule has 0 spiro atoms. The number of aromatic nitrogens is 6. The van der Waals surface area contributed by atoms with Crippen LogP contribution in [0.4, 0.5) is 10.9 Å². The van der Waals surface area contributed by atoms with Crippen LogP contribution in [0.15, 0.2) is 24.7 Å². The molecule has 0 bridgehead atoms. The molecule has 0 N–H and O–H groups in total. The highest BCUT2D eigenvalue weighted by molar-refractivity contribution is 7.15. The van der Waals surface area contributed by atoms with E-state index in [2.05, 4.69) is 35.1 Å². The van der Waals surface area contributed by atoms with Crippen LogP contribution in [0.3, 0.4) is 0 Å². The normalized spacial score (nSPS) is 15.1. The summed E-state index contributed by atoms with van der Waals surface area (Å²) in [5.41, 5.74) is 0.969. The SMILES string of the molecule is Cc1ccn(-c2cc(N3CCN(c4nnc(C)s4)CC3)ncn2)n1. The van der Waals surface area contributed by atoms with Crippen molar-refractivity contribution in [2.75, 3.05) is 36.0 Å². The first-order chi connectivity index (χ1) is 11.7. The third-order valence-electron chi connectivity index (χ3n) is 3.98. The second kappa shape index (κ2) is 6.16. The van der Waals surface area contributed by atoms with Crippen molar-refractivity contribution in [3.63, 3.8) is 0 Å². The molecule has 24 heavy (non-hydrogen) atoms. The third-order valence-corrected chi connectivity index (χ3v) is 4.88. The molecule has 124 valence electrons. The Hall–Kier alpha value is -2.55. The molecule has 0 aliphatic carbocycles. The maximum atomic E-state index is 4.43. The fourth-order valence-electron chi connectivity index (χ4n) is 2.72. The molecule has 9 heteroatoms. The van der Waals surface area contributed by atoms with Gasteiger partial charge in [0.25, 0.3) is 0 Å². The van der Waals surface area contributed by atoms with Crippen LogP contribution in [-0.4, -0.2) is 56.1 Å². The molecule has 3 aromatic heterocycles. The molecular formula is C15H18N8S. The predicted molar refractivity (Wildman–Crippen MR) is 93.0 cm³/mol. The molecule has 0 radical (unpaired) electrons. The summed E-state index contributed by atoms with van der Waals surface area (Å²) in [6.45, 7) is 7.56. The number of piperazine rings is 1. The Bertz CT molecular complexity index is 833. The van der Waals surface area contributed by atoms with E-state index in [1.165, 1.54) is 0 Å². The Kier molecular flexibility index (Phi) is 3.85. The first kappa shape index (κ1) is 15.0. The van der Waals surface area contributed by atoms with Gasteiger partial charge in [-0.1, -0.05) is 11.3 Å². The second-order valence-corrected chi connectivity index (χ2v) is 6.87. The van der Waals surface area contributed by atoms with Crippen molar-refractivity contribution in [3.8, 4) is 5.82 Å². The molecule has 3 aromatic rings. The molecule has 1 saturated heterocycles. The summed E-state index contributed by atoms with van der Waals surface area (Å²) in [5, 5.41) is 14.7. The van der Waals surface area contributed by atoms with E-state index in [9.17, 15) is 0 Å². The molecule has 8 nitrogen and oxygen atoms in total. The summed E-state index contributed by atoms with van der Waals surface area (Å²) in [4.78, 5) is 13.3.